The molecule has 0 fully saturated rings. The molecule has 0 unspecified atom stereocenters. The van der Waals surface area contributed by atoms with Crippen molar-refractivity contribution in [2.75, 3.05) is 0 Å². The summed E-state index contributed by atoms with van der Waals surface area (Å²) in [5.74, 6) is 1.08. The van der Waals surface area contributed by atoms with Crippen molar-refractivity contribution in [3.63, 3.8) is 0 Å². The van der Waals surface area contributed by atoms with Crippen LogP contribution in [-0.4, -0.2) is 9.97 Å². The van der Waals surface area contributed by atoms with E-state index in [1.165, 1.54) is 0 Å². The Balaban J connectivity index is 2.05. The SMILES string of the molecule is CC/C=C/CCc1nc2ccccc2[nH]1. The predicted molar refractivity (Wildman–Crippen MR) is 63.8 cm³/mol. The number of benzene rings is 1. The van der Waals surface area contributed by atoms with Gasteiger partial charge in [-0.3, -0.25) is 0 Å². The Morgan fingerprint density at radius 3 is 2.93 bits per heavy atom. The minimum absolute atomic E-state index is 0.991. The molecule has 1 aromatic carbocycles. The van der Waals surface area contributed by atoms with Crippen LogP contribution in [-0.2, 0) is 6.42 Å². The van der Waals surface area contributed by atoms with E-state index >= 15 is 0 Å². The molecule has 0 aliphatic rings. The molecule has 2 aromatic rings. The predicted octanol–water partition coefficient (Wildman–Crippen LogP) is 3.46. The summed E-state index contributed by atoms with van der Waals surface area (Å²) in [4.78, 5) is 7.85. The number of allylic oxidation sites excluding steroid dienone is 2. The Bertz CT molecular complexity index is 421. The molecule has 2 nitrogen and oxygen atoms in total. The maximum atomic E-state index is 4.52. The third-order valence-corrected chi connectivity index (χ3v) is 2.39. The Morgan fingerprint density at radius 2 is 2.13 bits per heavy atom. The Hall–Kier alpha value is -1.57. The molecule has 0 atom stereocenters. The number of hydrogen-bond acceptors (Lipinski definition) is 1. The van der Waals surface area contributed by atoms with Crippen molar-refractivity contribution in [1.82, 2.24) is 9.97 Å². The minimum atomic E-state index is 0.991. The van der Waals surface area contributed by atoms with E-state index in [1.807, 2.05) is 18.2 Å². The second kappa shape index (κ2) is 4.78. The standard InChI is InChI=1S/C13H16N2/c1-2-3-4-5-10-13-14-11-8-6-7-9-12(11)15-13/h3-4,6-9H,2,5,10H2,1H3,(H,14,15)/b4-3+. The largest absolute Gasteiger partial charge is 0.342 e. The summed E-state index contributed by atoms with van der Waals surface area (Å²) in [6.45, 7) is 2.15. The quantitative estimate of drug-likeness (QED) is 0.752. The van der Waals surface area contributed by atoms with Gasteiger partial charge in [0.25, 0.3) is 0 Å². The zero-order valence-corrected chi connectivity index (χ0v) is 9.03. The first-order chi connectivity index (χ1) is 7.40. The van der Waals surface area contributed by atoms with E-state index in [0.29, 0.717) is 0 Å². The summed E-state index contributed by atoms with van der Waals surface area (Å²) in [6.07, 6.45) is 7.58. The molecule has 0 amide bonds. The third-order valence-electron chi connectivity index (χ3n) is 2.39. The maximum Gasteiger partial charge on any atom is 0.107 e. The molecule has 2 heteroatoms. The average molecular weight is 200 g/mol. The summed E-state index contributed by atoms with van der Waals surface area (Å²) in [5, 5.41) is 0. The zero-order valence-electron chi connectivity index (χ0n) is 9.03. The van der Waals surface area contributed by atoms with Gasteiger partial charge in [-0.05, 0) is 25.0 Å². The summed E-state index contributed by atoms with van der Waals surface area (Å²) in [7, 11) is 0. The summed E-state index contributed by atoms with van der Waals surface area (Å²) >= 11 is 0. The molecule has 0 spiro atoms. The summed E-state index contributed by atoms with van der Waals surface area (Å²) in [6, 6.07) is 8.15. The highest BCUT2D eigenvalue weighted by molar-refractivity contribution is 5.74. The van der Waals surface area contributed by atoms with Crippen LogP contribution >= 0.6 is 0 Å². The number of aromatic amines is 1. The van der Waals surface area contributed by atoms with Crippen molar-refractivity contribution in [3.8, 4) is 0 Å². The summed E-state index contributed by atoms with van der Waals surface area (Å²) < 4.78 is 0. The van der Waals surface area contributed by atoms with Crippen LogP contribution in [0.4, 0.5) is 0 Å². The number of H-pyrrole nitrogens is 1. The van der Waals surface area contributed by atoms with Crippen molar-refractivity contribution in [2.24, 2.45) is 0 Å². The van der Waals surface area contributed by atoms with E-state index in [-0.39, 0.29) is 0 Å². The van der Waals surface area contributed by atoms with Gasteiger partial charge < -0.3 is 4.98 Å². The van der Waals surface area contributed by atoms with Gasteiger partial charge in [-0.2, -0.15) is 0 Å². The van der Waals surface area contributed by atoms with Gasteiger partial charge in [0.1, 0.15) is 5.82 Å². The topological polar surface area (TPSA) is 28.7 Å². The smallest absolute Gasteiger partial charge is 0.107 e. The lowest BCUT2D eigenvalue weighted by atomic mass is 10.2. The fourth-order valence-electron chi connectivity index (χ4n) is 1.63. The van der Waals surface area contributed by atoms with Crippen LogP contribution in [0.5, 0.6) is 0 Å². The molecule has 0 saturated carbocycles. The second-order valence-electron chi connectivity index (χ2n) is 3.62. The number of nitrogens with zero attached hydrogens (tertiary/aromatic N) is 1. The fraction of sp³-hybridized carbons (Fsp3) is 0.308. The zero-order chi connectivity index (χ0) is 10.5. The van der Waals surface area contributed by atoms with Crippen LogP contribution in [0.15, 0.2) is 36.4 Å². The monoisotopic (exact) mass is 200 g/mol. The van der Waals surface area contributed by atoms with Gasteiger partial charge in [0.2, 0.25) is 0 Å². The molecule has 1 heterocycles. The first-order valence-corrected chi connectivity index (χ1v) is 5.49. The van der Waals surface area contributed by atoms with Gasteiger partial charge >= 0.3 is 0 Å². The van der Waals surface area contributed by atoms with Gasteiger partial charge in [-0.1, -0.05) is 31.2 Å². The number of rotatable bonds is 4. The van der Waals surface area contributed by atoms with Gasteiger partial charge in [-0.15, -0.1) is 0 Å². The second-order valence-corrected chi connectivity index (χ2v) is 3.62. The fourth-order valence-corrected chi connectivity index (χ4v) is 1.63. The number of aromatic nitrogens is 2. The lowest BCUT2D eigenvalue weighted by Gasteiger charge is -1.89. The Kier molecular flexibility index (Phi) is 3.18. The number of imidazole rings is 1. The molecule has 78 valence electrons. The Labute approximate surface area is 90.0 Å². The van der Waals surface area contributed by atoms with Crippen LogP contribution in [0.25, 0.3) is 11.0 Å². The van der Waals surface area contributed by atoms with Crippen LogP contribution in [0.2, 0.25) is 0 Å². The molecular weight excluding hydrogens is 184 g/mol. The molecule has 1 N–H and O–H groups in total. The van der Waals surface area contributed by atoms with E-state index in [9.17, 15) is 0 Å². The minimum Gasteiger partial charge on any atom is -0.342 e. The number of hydrogen-bond donors (Lipinski definition) is 1. The van der Waals surface area contributed by atoms with Crippen molar-refractivity contribution < 1.29 is 0 Å². The highest BCUT2D eigenvalue weighted by Crippen LogP contribution is 2.11. The van der Waals surface area contributed by atoms with Gasteiger partial charge in [0.05, 0.1) is 11.0 Å². The third kappa shape index (κ3) is 2.46. The highest BCUT2D eigenvalue weighted by atomic mass is 14.9. The van der Waals surface area contributed by atoms with Crippen LogP contribution in [0.1, 0.15) is 25.6 Å². The molecule has 0 saturated heterocycles. The van der Waals surface area contributed by atoms with E-state index in [2.05, 4.69) is 35.1 Å². The number of nitrogens with one attached hydrogen (secondary N) is 1. The summed E-state index contributed by atoms with van der Waals surface area (Å²) in [5.41, 5.74) is 2.19. The molecule has 2 rings (SSSR count). The molecule has 0 radical (unpaired) electrons. The first kappa shape index (κ1) is 9.97. The van der Waals surface area contributed by atoms with Crippen molar-refractivity contribution in [3.05, 3.63) is 42.2 Å². The lowest BCUT2D eigenvalue weighted by molar-refractivity contribution is 0.912. The van der Waals surface area contributed by atoms with Gasteiger partial charge in [0, 0.05) is 6.42 Å². The van der Waals surface area contributed by atoms with Crippen LogP contribution in [0.3, 0.4) is 0 Å². The van der Waals surface area contributed by atoms with E-state index in [1.54, 1.807) is 0 Å². The van der Waals surface area contributed by atoms with Crippen LogP contribution in [0, 0.1) is 0 Å². The normalized spacial score (nSPS) is 11.5. The van der Waals surface area contributed by atoms with Crippen LogP contribution < -0.4 is 0 Å². The molecule has 0 bridgehead atoms. The van der Waals surface area contributed by atoms with Gasteiger partial charge in [0.15, 0.2) is 0 Å². The van der Waals surface area contributed by atoms with Crippen molar-refractivity contribution >= 4 is 11.0 Å². The number of para-hydroxylation sites is 2. The molecule has 1 aromatic heterocycles. The molecule has 0 aliphatic carbocycles. The number of fused-ring (bicyclic) bond motifs is 1. The van der Waals surface area contributed by atoms with Crippen molar-refractivity contribution in [1.29, 1.82) is 0 Å². The van der Waals surface area contributed by atoms with E-state index in [4.69, 9.17) is 0 Å². The first-order valence-electron chi connectivity index (χ1n) is 5.49. The lowest BCUT2D eigenvalue weighted by Crippen LogP contribution is -1.85. The Morgan fingerprint density at radius 1 is 1.27 bits per heavy atom. The number of aryl methyl sites for hydroxylation is 1. The highest BCUT2D eigenvalue weighted by Gasteiger charge is 1.99. The maximum absolute atomic E-state index is 4.52. The van der Waals surface area contributed by atoms with E-state index in [0.717, 1.165) is 36.1 Å². The van der Waals surface area contributed by atoms with E-state index < -0.39 is 0 Å². The molecule has 0 aliphatic heterocycles. The average Bonchev–Trinajstić information content (AvgIpc) is 2.67. The van der Waals surface area contributed by atoms with Gasteiger partial charge in [-0.25, -0.2) is 4.98 Å². The molecule has 15 heavy (non-hydrogen) atoms. The van der Waals surface area contributed by atoms with Crippen molar-refractivity contribution in [2.45, 2.75) is 26.2 Å². The molecular formula is C13H16N2.